The zero-order valence-electron chi connectivity index (χ0n) is 16.1. The molecular formula is C22H25N5O. The van der Waals surface area contributed by atoms with Gasteiger partial charge in [-0.15, -0.1) is 0 Å². The number of carbonyl (C=O) groups is 1. The first-order chi connectivity index (χ1) is 13.7. The highest BCUT2D eigenvalue weighted by atomic mass is 16.1. The normalized spacial score (nSPS) is 14.3. The van der Waals surface area contributed by atoms with Crippen molar-refractivity contribution in [3.05, 3.63) is 77.4 Å². The minimum Gasteiger partial charge on any atom is -0.322 e. The summed E-state index contributed by atoms with van der Waals surface area (Å²) in [5.74, 6) is -0.134. The quantitative estimate of drug-likeness (QED) is 0.689. The topological polar surface area (TPSA) is 71.8 Å². The van der Waals surface area contributed by atoms with Gasteiger partial charge in [-0.25, -0.2) is 0 Å². The van der Waals surface area contributed by atoms with E-state index in [-0.39, 0.29) is 11.9 Å². The van der Waals surface area contributed by atoms with Gasteiger partial charge in [0.15, 0.2) is 0 Å². The molecule has 3 aromatic rings. The summed E-state index contributed by atoms with van der Waals surface area (Å²) in [5.41, 5.74) is 5.00. The molecule has 6 nitrogen and oxygen atoms in total. The molecule has 2 N–H and O–H groups in total. The number of aryl methyl sites for hydroxylation is 2. The van der Waals surface area contributed by atoms with Gasteiger partial charge in [0.05, 0.1) is 5.69 Å². The molecule has 3 heterocycles. The number of rotatable bonds is 6. The highest BCUT2D eigenvalue weighted by Crippen LogP contribution is 2.19. The van der Waals surface area contributed by atoms with Gasteiger partial charge in [-0.2, -0.15) is 5.10 Å². The van der Waals surface area contributed by atoms with E-state index in [0.717, 1.165) is 30.9 Å². The summed E-state index contributed by atoms with van der Waals surface area (Å²) in [5, 5.41) is 11.1. The predicted molar refractivity (Wildman–Crippen MR) is 109 cm³/mol. The number of pyridine rings is 1. The third-order valence-electron chi connectivity index (χ3n) is 5.17. The fraction of sp³-hybridized carbons (Fsp3) is 0.318. The molecule has 4 rings (SSSR count). The maximum absolute atomic E-state index is 12.2. The second-order valence-corrected chi connectivity index (χ2v) is 7.22. The lowest BCUT2D eigenvalue weighted by Crippen LogP contribution is -2.19. The van der Waals surface area contributed by atoms with Crippen LogP contribution in [0.25, 0.3) is 0 Å². The van der Waals surface area contributed by atoms with Gasteiger partial charge in [-0.05, 0) is 62.1 Å². The minimum absolute atomic E-state index is 0.134. The van der Waals surface area contributed by atoms with Crippen molar-refractivity contribution in [2.75, 3.05) is 5.32 Å². The van der Waals surface area contributed by atoms with E-state index in [1.165, 1.54) is 24.1 Å². The third kappa shape index (κ3) is 4.28. The molecule has 1 aromatic carbocycles. The Morgan fingerprint density at radius 2 is 1.93 bits per heavy atom. The van der Waals surface area contributed by atoms with E-state index >= 15 is 0 Å². The molecule has 28 heavy (non-hydrogen) atoms. The van der Waals surface area contributed by atoms with E-state index in [2.05, 4.69) is 33.3 Å². The van der Waals surface area contributed by atoms with E-state index in [1.807, 2.05) is 24.3 Å². The molecule has 1 atom stereocenters. The highest BCUT2D eigenvalue weighted by Gasteiger charge is 2.13. The van der Waals surface area contributed by atoms with E-state index < -0.39 is 0 Å². The average molecular weight is 375 g/mol. The van der Waals surface area contributed by atoms with Gasteiger partial charge in [0, 0.05) is 48.5 Å². The smallest absolute Gasteiger partial charge is 0.255 e. The second-order valence-electron chi connectivity index (χ2n) is 7.22. The first kappa shape index (κ1) is 18.4. The van der Waals surface area contributed by atoms with Gasteiger partial charge in [-0.1, -0.05) is 12.1 Å². The van der Waals surface area contributed by atoms with E-state index in [4.69, 9.17) is 5.10 Å². The van der Waals surface area contributed by atoms with Crippen LogP contribution in [-0.4, -0.2) is 20.7 Å². The molecule has 1 unspecified atom stereocenters. The summed E-state index contributed by atoms with van der Waals surface area (Å²) in [6.07, 6.45) is 6.85. The number of benzene rings is 1. The molecule has 0 saturated carbocycles. The number of amides is 1. The molecule has 0 saturated heterocycles. The first-order valence-electron chi connectivity index (χ1n) is 9.79. The summed E-state index contributed by atoms with van der Waals surface area (Å²) in [4.78, 5) is 16.1. The molecule has 144 valence electrons. The number of anilines is 1. The van der Waals surface area contributed by atoms with Crippen LogP contribution in [0, 0.1) is 0 Å². The lowest BCUT2D eigenvalue weighted by molar-refractivity contribution is 0.102. The Morgan fingerprint density at radius 3 is 2.68 bits per heavy atom. The SMILES string of the molecule is CC(NCc1cc2n(n1)CCCC2)c1ccc(NC(=O)c2ccncc2)cc1. The Labute approximate surface area is 165 Å². The highest BCUT2D eigenvalue weighted by molar-refractivity contribution is 6.04. The zero-order chi connectivity index (χ0) is 19.3. The Hall–Kier alpha value is -2.99. The number of aromatic nitrogens is 3. The molecule has 1 aliphatic heterocycles. The monoisotopic (exact) mass is 375 g/mol. The van der Waals surface area contributed by atoms with Gasteiger partial charge in [0.25, 0.3) is 5.91 Å². The van der Waals surface area contributed by atoms with Crippen molar-refractivity contribution in [2.45, 2.75) is 45.3 Å². The molecule has 0 spiro atoms. The van der Waals surface area contributed by atoms with Crippen molar-refractivity contribution in [2.24, 2.45) is 0 Å². The maximum atomic E-state index is 12.2. The fourth-order valence-corrected chi connectivity index (χ4v) is 3.50. The molecule has 2 aromatic heterocycles. The molecule has 0 bridgehead atoms. The van der Waals surface area contributed by atoms with Crippen molar-refractivity contribution in [3.63, 3.8) is 0 Å². The van der Waals surface area contributed by atoms with Crippen LogP contribution in [0.1, 0.15) is 53.1 Å². The number of fused-ring (bicyclic) bond motifs is 1. The van der Waals surface area contributed by atoms with Crippen LogP contribution in [0.15, 0.2) is 54.9 Å². The zero-order valence-corrected chi connectivity index (χ0v) is 16.1. The standard InChI is InChI=1S/C22H25N5O/c1-16(24-15-20-14-21-4-2-3-13-27(21)26-20)17-5-7-19(8-6-17)25-22(28)18-9-11-23-12-10-18/h5-12,14,16,24H,2-4,13,15H2,1H3,(H,25,28). The number of nitrogens with zero attached hydrogens (tertiary/aromatic N) is 3. The van der Waals surface area contributed by atoms with Gasteiger partial charge in [-0.3, -0.25) is 14.5 Å². The summed E-state index contributed by atoms with van der Waals surface area (Å²) in [6, 6.07) is 13.8. The van der Waals surface area contributed by atoms with E-state index in [9.17, 15) is 4.79 Å². The molecule has 1 amide bonds. The lowest BCUT2D eigenvalue weighted by atomic mass is 10.1. The number of carbonyl (C=O) groups excluding carboxylic acids is 1. The Morgan fingerprint density at radius 1 is 1.14 bits per heavy atom. The molecule has 6 heteroatoms. The van der Waals surface area contributed by atoms with Crippen LogP contribution in [0.5, 0.6) is 0 Å². The Kier molecular flexibility index (Phi) is 5.48. The summed E-state index contributed by atoms with van der Waals surface area (Å²) >= 11 is 0. The predicted octanol–water partition coefficient (Wildman–Crippen LogP) is 3.72. The van der Waals surface area contributed by atoms with Crippen molar-refractivity contribution in [3.8, 4) is 0 Å². The van der Waals surface area contributed by atoms with Gasteiger partial charge in [0.2, 0.25) is 0 Å². The summed E-state index contributed by atoms with van der Waals surface area (Å²) in [7, 11) is 0. The van der Waals surface area contributed by atoms with Crippen molar-refractivity contribution >= 4 is 11.6 Å². The van der Waals surface area contributed by atoms with Gasteiger partial charge in [0.1, 0.15) is 0 Å². The average Bonchev–Trinajstić information content (AvgIpc) is 3.16. The summed E-state index contributed by atoms with van der Waals surface area (Å²) < 4.78 is 2.14. The molecular weight excluding hydrogens is 350 g/mol. The number of hydrogen-bond donors (Lipinski definition) is 2. The van der Waals surface area contributed by atoms with E-state index in [1.54, 1.807) is 24.5 Å². The van der Waals surface area contributed by atoms with Crippen LogP contribution in [0.3, 0.4) is 0 Å². The van der Waals surface area contributed by atoms with Crippen molar-refractivity contribution in [1.82, 2.24) is 20.1 Å². The number of nitrogens with one attached hydrogen (secondary N) is 2. The van der Waals surface area contributed by atoms with Crippen LogP contribution in [-0.2, 0) is 19.5 Å². The molecule has 1 aliphatic rings. The van der Waals surface area contributed by atoms with E-state index in [0.29, 0.717) is 5.56 Å². The van der Waals surface area contributed by atoms with Gasteiger partial charge < -0.3 is 10.6 Å². The molecule has 0 radical (unpaired) electrons. The summed E-state index contributed by atoms with van der Waals surface area (Å²) in [6.45, 7) is 3.93. The Bertz CT molecular complexity index is 910. The van der Waals surface area contributed by atoms with Crippen LogP contribution >= 0.6 is 0 Å². The lowest BCUT2D eigenvalue weighted by Gasteiger charge is -2.14. The largest absolute Gasteiger partial charge is 0.322 e. The maximum Gasteiger partial charge on any atom is 0.255 e. The van der Waals surface area contributed by atoms with Gasteiger partial charge >= 0.3 is 0 Å². The molecule has 0 aliphatic carbocycles. The number of hydrogen-bond acceptors (Lipinski definition) is 4. The Balaban J connectivity index is 1.33. The van der Waals surface area contributed by atoms with Crippen molar-refractivity contribution < 1.29 is 4.79 Å². The third-order valence-corrected chi connectivity index (χ3v) is 5.17. The second kappa shape index (κ2) is 8.35. The first-order valence-corrected chi connectivity index (χ1v) is 9.79. The van der Waals surface area contributed by atoms with Crippen LogP contribution in [0.4, 0.5) is 5.69 Å². The minimum atomic E-state index is -0.134. The molecule has 0 fully saturated rings. The fourth-order valence-electron chi connectivity index (χ4n) is 3.50. The van der Waals surface area contributed by atoms with Crippen molar-refractivity contribution in [1.29, 1.82) is 0 Å². The van der Waals surface area contributed by atoms with Crippen LogP contribution in [0.2, 0.25) is 0 Å². The van der Waals surface area contributed by atoms with Crippen LogP contribution < -0.4 is 10.6 Å².